The van der Waals surface area contributed by atoms with Gasteiger partial charge < -0.3 is 4.90 Å². The zero-order valence-electron chi connectivity index (χ0n) is 15.1. The number of fused-ring (bicyclic) bond motifs is 3. The van der Waals surface area contributed by atoms with E-state index < -0.39 is 0 Å². The smallest absolute Gasteiger partial charge is 0.0638 e. The summed E-state index contributed by atoms with van der Waals surface area (Å²) in [5, 5.41) is 0. The van der Waals surface area contributed by atoms with Gasteiger partial charge in [0.15, 0.2) is 0 Å². The number of benzene rings is 4. The summed E-state index contributed by atoms with van der Waals surface area (Å²) >= 11 is 0. The fourth-order valence-corrected chi connectivity index (χ4v) is 4.23. The Morgan fingerprint density at radius 2 is 1.04 bits per heavy atom. The van der Waals surface area contributed by atoms with E-state index >= 15 is 0 Å². The molecule has 1 heteroatoms. The molecule has 0 heterocycles. The van der Waals surface area contributed by atoms with Crippen molar-refractivity contribution < 1.29 is 0 Å². The number of nitrogens with zero attached hydrogens (tertiary/aromatic N) is 1. The summed E-state index contributed by atoms with van der Waals surface area (Å²) in [5.41, 5.74) is 7.97. The van der Waals surface area contributed by atoms with Gasteiger partial charge in [0, 0.05) is 11.4 Å². The molecule has 0 spiro atoms. The standard InChI is InChI=1S/C26H21N/c1-3-12-21(13-4-1)27(22-14-5-2-6-15-22)26-19-20-11-7-8-16-23(20)24-17-9-10-18-25(24)26/h1-18,26H,19H2. The van der Waals surface area contributed by atoms with Gasteiger partial charge in [0.2, 0.25) is 0 Å². The molecule has 0 radical (unpaired) electrons. The van der Waals surface area contributed by atoms with Crippen LogP contribution in [-0.4, -0.2) is 0 Å². The van der Waals surface area contributed by atoms with Crippen molar-refractivity contribution in [2.24, 2.45) is 0 Å². The van der Waals surface area contributed by atoms with E-state index in [4.69, 9.17) is 0 Å². The Morgan fingerprint density at radius 3 is 1.70 bits per heavy atom. The molecule has 0 fully saturated rings. The molecule has 0 saturated heterocycles. The number of rotatable bonds is 3. The van der Waals surface area contributed by atoms with Crippen molar-refractivity contribution in [3.05, 3.63) is 120 Å². The number of para-hydroxylation sites is 2. The second-order valence-electron chi connectivity index (χ2n) is 7.01. The zero-order valence-corrected chi connectivity index (χ0v) is 15.1. The molecule has 1 aliphatic rings. The lowest BCUT2D eigenvalue weighted by Gasteiger charge is -2.38. The van der Waals surface area contributed by atoms with Crippen molar-refractivity contribution in [3.63, 3.8) is 0 Å². The number of hydrogen-bond donors (Lipinski definition) is 0. The molecule has 27 heavy (non-hydrogen) atoms. The largest absolute Gasteiger partial charge is 0.334 e. The van der Waals surface area contributed by atoms with E-state index in [0.29, 0.717) is 0 Å². The van der Waals surface area contributed by atoms with Crippen molar-refractivity contribution >= 4 is 11.4 Å². The fraction of sp³-hybridized carbons (Fsp3) is 0.0769. The average Bonchev–Trinajstić information content (AvgIpc) is 2.76. The Balaban J connectivity index is 1.71. The normalized spacial score (nSPS) is 14.9. The third-order valence-electron chi connectivity index (χ3n) is 5.42. The Labute approximate surface area is 160 Å². The predicted octanol–water partition coefficient (Wildman–Crippen LogP) is 6.79. The van der Waals surface area contributed by atoms with Gasteiger partial charge in [-0.05, 0) is 52.9 Å². The van der Waals surface area contributed by atoms with E-state index in [-0.39, 0.29) is 6.04 Å². The number of anilines is 2. The molecule has 1 atom stereocenters. The maximum Gasteiger partial charge on any atom is 0.0638 e. The third kappa shape index (κ3) is 2.82. The molecule has 0 aliphatic heterocycles. The molecule has 1 unspecified atom stereocenters. The highest BCUT2D eigenvalue weighted by Crippen LogP contribution is 2.45. The van der Waals surface area contributed by atoms with Crippen LogP contribution in [0.1, 0.15) is 17.2 Å². The summed E-state index contributed by atoms with van der Waals surface area (Å²) in [6.07, 6.45) is 0.997. The lowest BCUT2D eigenvalue weighted by molar-refractivity contribution is 0.685. The molecule has 1 nitrogen and oxygen atoms in total. The quantitative estimate of drug-likeness (QED) is 0.394. The second-order valence-corrected chi connectivity index (χ2v) is 7.01. The second kappa shape index (κ2) is 6.77. The third-order valence-corrected chi connectivity index (χ3v) is 5.42. The van der Waals surface area contributed by atoms with Crippen molar-refractivity contribution in [1.82, 2.24) is 0 Å². The van der Waals surface area contributed by atoms with Gasteiger partial charge in [-0.1, -0.05) is 84.9 Å². The topological polar surface area (TPSA) is 3.24 Å². The maximum absolute atomic E-state index is 2.48. The fourth-order valence-electron chi connectivity index (χ4n) is 4.23. The van der Waals surface area contributed by atoms with Crippen molar-refractivity contribution in [1.29, 1.82) is 0 Å². The first-order valence-corrected chi connectivity index (χ1v) is 9.48. The van der Waals surface area contributed by atoms with Gasteiger partial charge in [-0.25, -0.2) is 0 Å². The highest BCUT2D eigenvalue weighted by Gasteiger charge is 2.29. The Hall–Kier alpha value is -3.32. The molecule has 0 aromatic heterocycles. The molecule has 4 aromatic rings. The van der Waals surface area contributed by atoms with Gasteiger partial charge >= 0.3 is 0 Å². The van der Waals surface area contributed by atoms with Crippen LogP contribution in [0.4, 0.5) is 11.4 Å². The molecule has 0 saturated carbocycles. The lowest BCUT2D eigenvalue weighted by atomic mass is 9.81. The zero-order chi connectivity index (χ0) is 18.1. The molecule has 4 aromatic carbocycles. The molecule has 0 N–H and O–H groups in total. The van der Waals surface area contributed by atoms with E-state index in [9.17, 15) is 0 Å². The molecule has 5 rings (SSSR count). The summed E-state index contributed by atoms with van der Waals surface area (Å²) in [6.45, 7) is 0. The Kier molecular flexibility index (Phi) is 3.99. The van der Waals surface area contributed by atoms with Gasteiger partial charge in [-0.2, -0.15) is 0 Å². The van der Waals surface area contributed by atoms with Crippen LogP contribution in [0.15, 0.2) is 109 Å². The van der Waals surface area contributed by atoms with Crippen LogP contribution in [0.25, 0.3) is 11.1 Å². The van der Waals surface area contributed by atoms with Crippen molar-refractivity contribution in [3.8, 4) is 11.1 Å². The van der Waals surface area contributed by atoms with Gasteiger partial charge in [-0.3, -0.25) is 0 Å². The van der Waals surface area contributed by atoms with Gasteiger partial charge in [-0.15, -0.1) is 0 Å². The minimum absolute atomic E-state index is 0.265. The van der Waals surface area contributed by atoms with E-state index in [1.165, 1.54) is 33.6 Å². The maximum atomic E-state index is 2.48. The van der Waals surface area contributed by atoms with E-state index in [0.717, 1.165) is 6.42 Å². The minimum atomic E-state index is 0.265. The van der Waals surface area contributed by atoms with Gasteiger partial charge in [0.1, 0.15) is 0 Å². The highest BCUT2D eigenvalue weighted by atomic mass is 15.2. The average molecular weight is 347 g/mol. The first-order chi connectivity index (χ1) is 13.4. The minimum Gasteiger partial charge on any atom is -0.334 e. The first kappa shape index (κ1) is 15.9. The lowest BCUT2D eigenvalue weighted by Crippen LogP contribution is -2.28. The van der Waals surface area contributed by atoms with Gasteiger partial charge in [0.25, 0.3) is 0 Å². The van der Waals surface area contributed by atoms with Gasteiger partial charge in [0.05, 0.1) is 6.04 Å². The highest BCUT2D eigenvalue weighted by molar-refractivity contribution is 5.77. The molecule has 1 aliphatic carbocycles. The summed E-state index contributed by atoms with van der Waals surface area (Å²) in [7, 11) is 0. The number of hydrogen-bond acceptors (Lipinski definition) is 1. The Bertz CT molecular complexity index is 1010. The first-order valence-electron chi connectivity index (χ1n) is 9.48. The van der Waals surface area contributed by atoms with Crippen molar-refractivity contribution in [2.45, 2.75) is 12.5 Å². The van der Waals surface area contributed by atoms with Crippen LogP contribution in [-0.2, 0) is 6.42 Å². The summed E-state index contributed by atoms with van der Waals surface area (Å²) < 4.78 is 0. The summed E-state index contributed by atoms with van der Waals surface area (Å²) in [4.78, 5) is 2.48. The van der Waals surface area contributed by atoms with Crippen LogP contribution >= 0.6 is 0 Å². The van der Waals surface area contributed by atoms with Crippen molar-refractivity contribution in [2.75, 3.05) is 4.90 Å². The SMILES string of the molecule is c1ccc(N(c2ccccc2)C2Cc3ccccc3-c3ccccc32)cc1. The van der Waals surface area contributed by atoms with Crippen LogP contribution in [0.2, 0.25) is 0 Å². The van der Waals surface area contributed by atoms with Crippen LogP contribution < -0.4 is 4.90 Å². The van der Waals surface area contributed by atoms with E-state index in [1.807, 2.05) is 0 Å². The van der Waals surface area contributed by atoms with Crippen LogP contribution in [0, 0.1) is 0 Å². The molecule has 0 amide bonds. The van der Waals surface area contributed by atoms with E-state index in [2.05, 4.69) is 114 Å². The van der Waals surface area contributed by atoms with Crippen LogP contribution in [0.5, 0.6) is 0 Å². The molecule has 130 valence electrons. The summed E-state index contributed by atoms with van der Waals surface area (Å²) in [5.74, 6) is 0. The molecular formula is C26H21N. The molecule has 0 bridgehead atoms. The monoisotopic (exact) mass is 347 g/mol. The molecular weight excluding hydrogens is 326 g/mol. The Morgan fingerprint density at radius 1 is 0.519 bits per heavy atom. The van der Waals surface area contributed by atoms with Crippen LogP contribution in [0.3, 0.4) is 0 Å². The predicted molar refractivity (Wildman–Crippen MR) is 113 cm³/mol. The van der Waals surface area contributed by atoms with E-state index in [1.54, 1.807) is 0 Å². The summed E-state index contributed by atoms with van der Waals surface area (Å²) in [6, 6.07) is 39.4.